The standard InChI is InChI=1S/C21H23N5O2/c27-17-8-5-6-15(14-17)11-12-16-7-3-4-13-26(16)21(28)19-10-2-1-9-18(19)20-22-24-25-23-20/h1-2,5-6,8-10,14,16,27H,3-4,7,11-13H2,(H,22,23,24,25)/t16-/m1/s1. The van der Waals surface area contributed by atoms with E-state index in [-0.39, 0.29) is 17.7 Å². The lowest BCUT2D eigenvalue weighted by Gasteiger charge is -2.36. The second-order valence-corrected chi connectivity index (χ2v) is 7.14. The van der Waals surface area contributed by atoms with E-state index in [1.807, 2.05) is 41.3 Å². The topological polar surface area (TPSA) is 95.0 Å². The summed E-state index contributed by atoms with van der Waals surface area (Å²) in [6, 6.07) is 14.9. The monoisotopic (exact) mass is 377 g/mol. The van der Waals surface area contributed by atoms with Crippen LogP contribution in [0.3, 0.4) is 0 Å². The number of phenolic OH excluding ortho intramolecular Hbond substituents is 1. The number of aromatic amines is 1. The van der Waals surface area contributed by atoms with Gasteiger partial charge in [-0.1, -0.05) is 30.3 Å². The minimum Gasteiger partial charge on any atom is -0.508 e. The number of H-pyrrole nitrogens is 1. The number of nitrogens with one attached hydrogen (secondary N) is 1. The molecule has 28 heavy (non-hydrogen) atoms. The van der Waals surface area contributed by atoms with Gasteiger partial charge in [0.05, 0.1) is 5.56 Å². The summed E-state index contributed by atoms with van der Waals surface area (Å²) in [4.78, 5) is 15.4. The van der Waals surface area contributed by atoms with Crippen molar-refractivity contribution in [3.05, 3.63) is 59.7 Å². The van der Waals surface area contributed by atoms with Gasteiger partial charge < -0.3 is 10.0 Å². The van der Waals surface area contributed by atoms with Crippen LogP contribution in [0.4, 0.5) is 0 Å². The molecule has 1 aliphatic heterocycles. The fraction of sp³-hybridized carbons (Fsp3) is 0.333. The van der Waals surface area contributed by atoms with Crippen molar-refractivity contribution in [1.82, 2.24) is 25.5 Å². The lowest BCUT2D eigenvalue weighted by atomic mass is 9.94. The highest BCUT2D eigenvalue weighted by atomic mass is 16.3. The smallest absolute Gasteiger partial charge is 0.254 e. The van der Waals surface area contributed by atoms with Gasteiger partial charge in [0.2, 0.25) is 5.82 Å². The van der Waals surface area contributed by atoms with Gasteiger partial charge in [0.1, 0.15) is 5.75 Å². The molecule has 1 aliphatic rings. The number of hydrogen-bond donors (Lipinski definition) is 2. The Bertz CT molecular complexity index is 941. The van der Waals surface area contributed by atoms with Crippen LogP contribution in [-0.2, 0) is 6.42 Å². The zero-order chi connectivity index (χ0) is 19.3. The maximum atomic E-state index is 13.4. The highest BCUT2D eigenvalue weighted by Crippen LogP contribution is 2.27. The number of aromatic nitrogens is 4. The summed E-state index contributed by atoms with van der Waals surface area (Å²) in [6.45, 7) is 0.754. The lowest BCUT2D eigenvalue weighted by molar-refractivity contribution is 0.0602. The highest BCUT2D eigenvalue weighted by Gasteiger charge is 2.29. The molecule has 2 N–H and O–H groups in total. The van der Waals surface area contributed by atoms with Crippen molar-refractivity contribution in [2.45, 2.75) is 38.1 Å². The Labute approximate surface area is 163 Å². The third kappa shape index (κ3) is 3.88. The largest absolute Gasteiger partial charge is 0.508 e. The zero-order valence-corrected chi connectivity index (χ0v) is 15.6. The number of carbonyl (C=O) groups is 1. The van der Waals surface area contributed by atoms with E-state index in [4.69, 9.17) is 0 Å². The van der Waals surface area contributed by atoms with Crippen LogP contribution in [0, 0.1) is 0 Å². The van der Waals surface area contributed by atoms with Gasteiger partial charge >= 0.3 is 0 Å². The number of aryl methyl sites for hydroxylation is 1. The van der Waals surface area contributed by atoms with Crippen LogP contribution in [0.1, 0.15) is 41.6 Å². The Hall–Kier alpha value is -3.22. The van der Waals surface area contributed by atoms with Crippen molar-refractivity contribution in [3.63, 3.8) is 0 Å². The van der Waals surface area contributed by atoms with E-state index < -0.39 is 0 Å². The Morgan fingerprint density at radius 1 is 1.18 bits per heavy atom. The first-order valence-electron chi connectivity index (χ1n) is 9.64. The molecule has 144 valence electrons. The van der Waals surface area contributed by atoms with E-state index in [0.29, 0.717) is 17.0 Å². The predicted octanol–water partition coefficient (Wildman–Crippen LogP) is 3.20. The van der Waals surface area contributed by atoms with E-state index in [0.717, 1.165) is 44.2 Å². The average molecular weight is 377 g/mol. The first-order valence-corrected chi connectivity index (χ1v) is 9.64. The molecule has 0 radical (unpaired) electrons. The molecule has 0 unspecified atom stereocenters. The third-order valence-electron chi connectivity index (χ3n) is 5.31. The number of carbonyl (C=O) groups excluding carboxylic acids is 1. The van der Waals surface area contributed by atoms with Crippen LogP contribution in [0.25, 0.3) is 11.4 Å². The molecule has 1 atom stereocenters. The second kappa shape index (κ2) is 8.21. The number of hydrogen-bond acceptors (Lipinski definition) is 5. The van der Waals surface area contributed by atoms with E-state index in [1.54, 1.807) is 12.1 Å². The van der Waals surface area contributed by atoms with Gasteiger partial charge in [-0.15, -0.1) is 10.2 Å². The van der Waals surface area contributed by atoms with Crippen LogP contribution >= 0.6 is 0 Å². The van der Waals surface area contributed by atoms with Gasteiger partial charge in [0.25, 0.3) is 5.91 Å². The average Bonchev–Trinajstić information content (AvgIpc) is 3.27. The number of likely N-dealkylation sites (tertiary alicyclic amines) is 1. The minimum absolute atomic E-state index is 0.0148. The fourth-order valence-corrected chi connectivity index (χ4v) is 3.91. The number of amides is 1. The Balaban J connectivity index is 1.54. The van der Waals surface area contributed by atoms with Crippen LogP contribution in [0.2, 0.25) is 0 Å². The molecule has 2 heterocycles. The molecule has 1 saturated heterocycles. The first-order chi connectivity index (χ1) is 13.7. The molecule has 2 aromatic carbocycles. The molecule has 4 rings (SSSR count). The quantitative estimate of drug-likeness (QED) is 0.712. The number of nitrogens with zero attached hydrogens (tertiary/aromatic N) is 4. The third-order valence-corrected chi connectivity index (χ3v) is 5.31. The normalized spacial score (nSPS) is 16.9. The fourth-order valence-electron chi connectivity index (χ4n) is 3.91. The molecule has 0 bridgehead atoms. The SMILES string of the molecule is O=C(c1ccccc1-c1nn[nH]n1)N1CCCC[C@@H]1CCc1cccc(O)c1. The van der Waals surface area contributed by atoms with Crippen LogP contribution in [-0.4, -0.2) is 49.1 Å². The number of piperidine rings is 1. The number of benzene rings is 2. The lowest BCUT2D eigenvalue weighted by Crippen LogP contribution is -2.44. The van der Waals surface area contributed by atoms with Gasteiger partial charge in [-0.2, -0.15) is 5.21 Å². The van der Waals surface area contributed by atoms with E-state index >= 15 is 0 Å². The van der Waals surface area contributed by atoms with Crippen molar-refractivity contribution in [1.29, 1.82) is 0 Å². The van der Waals surface area contributed by atoms with Crippen molar-refractivity contribution < 1.29 is 9.90 Å². The van der Waals surface area contributed by atoms with Gasteiger partial charge in [-0.05, 0) is 61.1 Å². The Morgan fingerprint density at radius 3 is 2.89 bits per heavy atom. The molecule has 1 amide bonds. The maximum absolute atomic E-state index is 13.4. The van der Waals surface area contributed by atoms with Crippen LogP contribution < -0.4 is 0 Å². The summed E-state index contributed by atoms with van der Waals surface area (Å²) in [7, 11) is 0. The summed E-state index contributed by atoms with van der Waals surface area (Å²) >= 11 is 0. The summed E-state index contributed by atoms with van der Waals surface area (Å²) in [5.74, 6) is 0.724. The van der Waals surface area contributed by atoms with Gasteiger partial charge in [0, 0.05) is 18.2 Å². The van der Waals surface area contributed by atoms with Crippen molar-refractivity contribution in [2.75, 3.05) is 6.54 Å². The van der Waals surface area contributed by atoms with Crippen LogP contribution in [0.5, 0.6) is 5.75 Å². The molecule has 0 aliphatic carbocycles. The summed E-state index contributed by atoms with van der Waals surface area (Å²) in [5.41, 5.74) is 2.39. The van der Waals surface area contributed by atoms with Crippen molar-refractivity contribution in [2.24, 2.45) is 0 Å². The van der Waals surface area contributed by atoms with E-state index in [1.165, 1.54) is 0 Å². The predicted molar refractivity (Wildman–Crippen MR) is 105 cm³/mol. The molecule has 0 saturated carbocycles. The highest BCUT2D eigenvalue weighted by molar-refractivity contribution is 6.00. The van der Waals surface area contributed by atoms with Crippen LogP contribution in [0.15, 0.2) is 48.5 Å². The molecule has 0 spiro atoms. The van der Waals surface area contributed by atoms with Gasteiger partial charge in [-0.3, -0.25) is 4.79 Å². The second-order valence-electron chi connectivity index (χ2n) is 7.14. The van der Waals surface area contributed by atoms with E-state index in [9.17, 15) is 9.90 Å². The number of tetrazole rings is 1. The molecule has 1 aromatic heterocycles. The van der Waals surface area contributed by atoms with Crippen molar-refractivity contribution in [3.8, 4) is 17.1 Å². The molecule has 7 nitrogen and oxygen atoms in total. The number of rotatable bonds is 5. The maximum Gasteiger partial charge on any atom is 0.254 e. The zero-order valence-electron chi connectivity index (χ0n) is 15.6. The molecule has 7 heteroatoms. The summed E-state index contributed by atoms with van der Waals surface area (Å²) in [5, 5.41) is 23.8. The first kappa shape index (κ1) is 18.2. The molecular formula is C21H23N5O2. The van der Waals surface area contributed by atoms with E-state index in [2.05, 4.69) is 20.6 Å². The molecule has 3 aromatic rings. The Morgan fingerprint density at radius 2 is 2.07 bits per heavy atom. The van der Waals surface area contributed by atoms with Gasteiger partial charge in [-0.25, -0.2) is 0 Å². The number of aromatic hydroxyl groups is 1. The number of phenols is 1. The summed E-state index contributed by atoms with van der Waals surface area (Å²) < 4.78 is 0. The van der Waals surface area contributed by atoms with Gasteiger partial charge in [0.15, 0.2) is 0 Å². The minimum atomic E-state index is 0.0148. The van der Waals surface area contributed by atoms with Crippen molar-refractivity contribution >= 4 is 5.91 Å². The summed E-state index contributed by atoms with van der Waals surface area (Å²) in [6.07, 6.45) is 4.84. The Kier molecular flexibility index (Phi) is 5.32. The molecular weight excluding hydrogens is 354 g/mol. The molecule has 1 fully saturated rings.